The van der Waals surface area contributed by atoms with Gasteiger partial charge in [-0.1, -0.05) is 0 Å². The highest BCUT2D eigenvalue weighted by Crippen LogP contribution is 2.04. The second-order valence-electron chi connectivity index (χ2n) is 2.90. The van der Waals surface area contributed by atoms with E-state index >= 15 is 0 Å². The lowest BCUT2D eigenvalue weighted by Crippen LogP contribution is -2.37. The molecule has 0 aliphatic carbocycles. The van der Waals surface area contributed by atoms with Gasteiger partial charge >= 0.3 is 7.12 Å². The largest absolute Gasteiger partial charge is 0.495 e. The first-order chi connectivity index (χ1) is 7.31. The fourth-order valence-corrected chi connectivity index (χ4v) is 1.22. The van der Waals surface area contributed by atoms with Gasteiger partial charge in [0, 0.05) is 24.9 Å². The number of methoxy groups -OCH3 is 1. The summed E-state index contributed by atoms with van der Waals surface area (Å²) >= 11 is 0. The van der Waals surface area contributed by atoms with Crippen molar-refractivity contribution in [1.29, 1.82) is 0 Å². The van der Waals surface area contributed by atoms with Crippen LogP contribution in [0.1, 0.15) is 13.8 Å². The maximum absolute atomic E-state index is 5.45. The highest BCUT2D eigenvalue weighted by atomic mass is 16.6. The highest BCUT2D eigenvalue weighted by Gasteiger charge is 2.20. The van der Waals surface area contributed by atoms with E-state index in [-0.39, 0.29) is 7.12 Å². The molecular formula is C10H16BNO3. The van der Waals surface area contributed by atoms with Gasteiger partial charge in [-0.15, -0.1) is 0 Å². The van der Waals surface area contributed by atoms with Crippen molar-refractivity contribution in [3.63, 3.8) is 0 Å². The van der Waals surface area contributed by atoms with Crippen molar-refractivity contribution in [3.8, 4) is 5.75 Å². The lowest BCUT2D eigenvalue weighted by molar-refractivity contribution is 0.225. The Morgan fingerprint density at radius 3 is 2.40 bits per heavy atom. The van der Waals surface area contributed by atoms with Gasteiger partial charge in [-0.05, 0) is 19.9 Å². The standard InChI is InChI=1S/C10H16BNO3/c1-4-14-11(15-5-2)9-6-10(13-3)8-12-7-9/h6-8H,4-5H2,1-3H3. The summed E-state index contributed by atoms with van der Waals surface area (Å²) in [6, 6.07) is 1.86. The molecule has 0 amide bonds. The Morgan fingerprint density at radius 2 is 1.87 bits per heavy atom. The average molecular weight is 209 g/mol. The van der Waals surface area contributed by atoms with E-state index in [2.05, 4.69) is 4.98 Å². The Morgan fingerprint density at radius 1 is 1.20 bits per heavy atom. The van der Waals surface area contributed by atoms with Crippen molar-refractivity contribution >= 4 is 12.6 Å². The van der Waals surface area contributed by atoms with Gasteiger partial charge in [0.25, 0.3) is 0 Å². The predicted molar refractivity (Wildman–Crippen MR) is 59.4 cm³/mol. The van der Waals surface area contributed by atoms with Crippen molar-refractivity contribution in [2.75, 3.05) is 20.3 Å². The third-order valence-electron chi connectivity index (χ3n) is 1.88. The Balaban J connectivity index is 2.79. The summed E-state index contributed by atoms with van der Waals surface area (Å²) in [4.78, 5) is 4.06. The van der Waals surface area contributed by atoms with Gasteiger partial charge in [-0.3, -0.25) is 4.98 Å². The van der Waals surface area contributed by atoms with Crippen molar-refractivity contribution in [2.24, 2.45) is 0 Å². The minimum Gasteiger partial charge on any atom is -0.495 e. The number of hydrogen-bond donors (Lipinski definition) is 0. The molecule has 1 aromatic heterocycles. The molecule has 1 heterocycles. The molecule has 0 unspecified atom stereocenters. The van der Waals surface area contributed by atoms with E-state index < -0.39 is 0 Å². The van der Waals surface area contributed by atoms with Crippen LogP contribution in [-0.4, -0.2) is 32.4 Å². The van der Waals surface area contributed by atoms with Crippen LogP contribution in [0, 0.1) is 0 Å². The van der Waals surface area contributed by atoms with Gasteiger partial charge in [-0.2, -0.15) is 0 Å². The van der Waals surface area contributed by atoms with Crippen LogP contribution in [0.25, 0.3) is 0 Å². The van der Waals surface area contributed by atoms with E-state index in [0.29, 0.717) is 19.0 Å². The highest BCUT2D eigenvalue weighted by molar-refractivity contribution is 6.61. The summed E-state index contributed by atoms with van der Waals surface area (Å²) in [5, 5.41) is 0. The predicted octanol–water partition coefficient (Wildman–Crippen LogP) is 0.858. The van der Waals surface area contributed by atoms with E-state index in [1.165, 1.54) is 0 Å². The minimum atomic E-state index is -0.359. The molecule has 0 fully saturated rings. The molecule has 0 N–H and O–H groups in total. The molecule has 1 rings (SSSR count). The van der Waals surface area contributed by atoms with Crippen molar-refractivity contribution in [3.05, 3.63) is 18.5 Å². The number of pyridine rings is 1. The first-order valence-electron chi connectivity index (χ1n) is 5.04. The Kier molecular flexibility index (Phi) is 5.14. The molecule has 4 nitrogen and oxygen atoms in total. The summed E-state index contributed by atoms with van der Waals surface area (Å²) in [5.74, 6) is 0.705. The van der Waals surface area contributed by atoms with E-state index in [9.17, 15) is 0 Å². The molecule has 0 aliphatic heterocycles. The Hall–Kier alpha value is -1.07. The van der Waals surface area contributed by atoms with Gasteiger partial charge in [0.2, 0.25) is 0 Å². The average Bonchev–Trinajstić information content (AvgIpc) is 2.29. The van der Waals surface area contributed by atoms with Crippen LogP contribution in [0.4, 0.5) is 0 Å². The minimum absolute atomic E-state index is 0.359. The van der Waals surface area contributed by atoms with Crippen LogP contribution in [0.5, 0.6) is 5.75 Å². The third kappa shape index (κ3) is 3.53. The van der Waals surface area contributed by atoms with Crippen molar-refractivity contribution in [1.82, 2.24) is 4.98 Å². The summed E-state index contributed by atoms with van der Waals surface area (Å²) in [7, 11) is 1.25. The van der Waals surface area contributed by atoms with Gasteiger partial charge < -0.3 is 14.0 Å². The van der Waals surface area contributed by atoms with Crippen LogP contribution in [0.2, 0.25) is 0 Å². The molecule has 0 atom stereocenters. The number of aromatic nitrogens is 1. The monoisotopic (exact) mass is 209 g/mol. The van der Waals surface area contributed by atoms with Crippen LogP contribution in [-0.2, 0) is 9.31 Å². The zero-order chi connectivity index (χ0) is 11.1. The molecule has 5 heteroatoms. The van der Waals surface area contributed by atoms with Gasteiger partial charge in [0.15, 0.2) is 0 Å². The van der Waals surface area contributed by atoms with Crippen LogP contribution in [0.15, 0.2) is 18.5 Å². The van der Waals surface area contributed by atoms with Crippen LogP contribution >= 0.6 is 0 Å². The van der Waals surface area contributed by atoms with Crippen molar-refractivity contribution < 1.29 is 14.0 Å². The first-order valence-corrected chi connectivity index (χ1v) is 5.04. The maximum Gasteiger partial charge on any atom is 0.495 e. The summed E-state index contributed by atoms with van der Waals surface area (Å²) in [6.45, 7) is 5.06. The molecule has 82 valence electrons. The van der Waals surface area contributed by atoms with Gasteiger partial charge in [0.1, 0.15) is 5.75 Å². The number of rotatable bonds is 6. The number of hydrogen-bond acceptors (Lipinski definition) is 4. The molecule has 0 saturated carbocycles. The van der Waals surface area contributed by atoms with Crippen molar-refractivity contribution in [2.45, 2.75) is 13.8 Å². The maximum atomic E-state index is 5.45. The number of nitrogens with zero attached hydrogens (tertiary/aromatic N) is 1. The van der Waals surface area contributed by atoms with Gasteiger partial charge in [0.05, 0.1) is 13.3 Å². The summed E-state index contributed by atoms with van der Waals surface area (Å²) < 4.78 is 16.0. The Bertz CT molecular complexity index is 290. The molecule has 0 spiro atoms. The zero-order valence-electron chi connectivity index (χ0n) is 9.40. The normalized spacial score (nSPS) is 10.1. The summed E-state index contributed by atoms with van der Waals surface area (Å²) in [6.07, 6.45) is 3.37. The molecule has 0 radical (unpaired) electrons. The fourth-order valence-electron chi connectivity index (χ4n) is 1.22. The van der Waals surface area contributed by atoms with E-state index in [0.717, 1.165) is 5.46 Å². The molecule has 1 aromatic rings. The van der Waals surface area contributed by atoms with Crippen LogP contribution < -0.4 is 10.2 Å². The van der Waals surface area contributed by atoms with Gasteiger partial charge in [-0.25, -0.2) is 0 Å². The quantitative estimate of drug-likeness (QED) is 0.651. The molecule has 0 aliphatic rings. The zero-order valence-corrected chi connectivity index (χ0v) is 9.40. The lowest BCUT2D eigenvalue weighted by Gasteiger charge is -2.12. The summed E-state index contributed by atoms with van der Waals surface area (Å²) in [5.41, 5.74) is 0.873. The molecular weight excluding hydrogens is 193 g/mol. The Labute approximate surface area is 90.7 Å². The molecule has 0 bridgehead atoms. The first kappa shape index (κ1) is 12.0. The van der Waals surface area contributed by atoms with E-state index in [4.69, 9.17) is 14.0 Å². The smallest absolute Gasteiger partial charge is 0.495 e. The fraction of sp³-hybridized carbons (Fsp3) is 0.500. The molecule has 15 heavy (non-hydrogen) atoms. The van der Waals surface area contributed by atoms with E-state index in [1.54, 1.807) is 19.5 Å². The molecule has 0 aromatic carbocycles. The SMILES string of the molecule is CCOB(OCC)c1cncc(OC)c1. The number of ether oxygens (including phenoxy) is 1. The van der Waals surface area contributed by atoms with E-state index in [1.807, 2.05) is 19.9 Å². The van der Waals surface area contributed by atoms with Crippen LogP contribution in [0.3, 0.4) is 0 Å². The second kappa shape index (κ2) is 6.42. The molecule has 0 saturated heterocycles. The third-order valence-corrected chi connectivity index (χ3v) is 1.88. The second-order valence-corrected chi connectivity index (χ2v) is 2.90. The lowest BCUT2D eigenvalue weighted by atomic mass is 9.80. The topological polar surface area (TPSA) is 40.6 Å².